The number of rotatable bonds is 6. The number of anilines is 1. The summed E-state index contributed by atoms with van der Waals surface area (Å²) < 4.78 is 7.11. The molecule has 0 saturated carbocycles. The molecule has 1 amide bonds. The predicted octanol–water partition coefficient (Wildman–Crippen LogP) is 4.92. The molecule has 1 aromatic heterocycles. The van der Waals surface area contributed by atoms with Crippen LogP contribution < -0.4 is 10.1 Å². The van der Waals surface area contributed by atoms with Gasteiger partial charge in [-0.1, -0.05) is 41.0 Å². The molecule has 0 aliphatic carbocycles. The monoisotopic (exact) mass is 407 g/mol. The molecule has 0 spiro atoms. The topological polar surface area (TPSA) is 56.1 Å². The van der Waals surface area contributed by atoms with E-state index < -0.39 is 0 Å². The molecule has 1 N–H and O–H groups in total. The molecule has 0 aliphatic heterocycles. The van der Waals surface area contributed by atoms with Crippen LogP contribution in [0.4, 0.5) is 5.69 Å². The van der Waals surface area contributed by atoms with Gasteiger partial charge in [0.1, 0.15) is 5.75 Å². The highest BCUT2D eigenvalue weighted by Crippen LogP contribution is 2.28. The van der Waals surface area contributed by atoms with Gasteiger partial charge >= 0.3 is 0 Å². The van der Waals surface area contributed by atoms with Crippen LogP contribution in [0.15, 0.2) is 60.0 Å². The fourth-order valence-corrected chi connectivity index (χ4v) is 3.44. The number of aromatic nitrogens is 2. The van der Waals surface area contributed by atoms with Gasteiger partial charge in [0.15, 0.2) is 5.16 Å². The molecule has 26 heavy (non-hydrogen) atoms. The van der Waals surface area contributed by atoms with Crippen LogP contribution in [-0.4, -0.2) is 28.3 Å². The van der Waals surface area contributed by atoms with Crippen LogP contribution in [0.2, 0.25) is 10.0 Å². The molecule has 3 aromatic rings. The van der Waals surface area contributed by atoms with Gasteiger partial charge in [0.25, 0.3) is 0 Å². The largest absolute Gasteiger partial charge is 0.495 e. The summed E-state index contributed by atoms with van der Waals surface area (Å²) in [5.74, 6) is 0.553. The number of imidazole rings is 1. The molecule has 0 bridgehead atoms. The van der Waals surface area contributed by atoms with Gasteiger partial charge in [0.2, 0.25) is 5.91 Å². The minimum atomic E-state index is -0.184. The number of hydrogen-bond donors (Lipinski definition) is 1. The Bertz CT molecular complexity index is 930. The molecule has 8 heteroatoms. The molecule has 0 radical (unpaired) electrons. The summed E-state index contributed by atoms with van der Waals surface area (Å²) in [6.45, 7) is 0. The van der Waals surface area contributed by atoms with Crippen molar-refractivity contribution in [2.75, 3.05) is 18.2 Å². The second kappa shape index (κ2) is 8.49. The summed E-state index contributed by atoms with van der Waals surface area (Å²) in [7, 11) is 1.54. The lowest BCUT2D eigenvalue weighted by Gasteiger charge is -2.11. The maximum Gasteiger partial charge on any atom is 0.234 e. The Morgan fingerprint density at radius 1 is 1.23 bits per heavy atom. The zero-order valence-corrected chi connectivity index (χ0v) is 16.1. The Morgan fingerprint density at radius 2 is 2.04 bits per heavy atom. The van der Waals surface area contributed by atoms with E-state index in [1.165, 1.54) is 18.9 Å². The summed E-state index contributed by atoms with van der Waals surface area (Å²) in [5.41, 5.74) is 1.42. The van der Waals surface area contributed by atoms with Gasteiger partial charge in [-0.2, -0.15) is 0 Å². The van der Waals surface area contributed by atoms with Gasteiger partial charge in [0.05, 0.1) is 18.6 Å². The van der Waals surface area contributed by atoms with Crippen LogP contribution in [0.25, 0.3) is 5.69 Å². The lowest BCUT2D eigenvalue weighted by atomic mass is 10.3. The van der Waals surface area contributed by atoms with E-state index in [9.17, 15) is 4.79 Å². The molecule has 0 aliphatic rings. The standard InChI is InChI=1S/C18H15Cl2N3O2S/c1-25-16-6-5-13(20)10-15(16)22-17(24)11-26-18-21-7-8-23(18)14-4-2-3-12(19)9-14/h2-10H,11H2,1H3,(H,22,24). The molecule has 134 valence electrons. The minimum absolute atomic E-state index is 0.184. The van der Waals surface area contributed by atoms with E-state index in [-0.39, 0.29) is 11.7 Å². The molecule has 1 heterocycles. The third-order valence-corrected chi connectivity index (χ3v) is 4.90. The van der Waals surface area contributed by atoms with E-state index in [0.717, 1.165) is 5.69 Å². The van der Waals surface area contributed by atoms with Crippen LogP contribution in [0.5, 0.6) is 5.75 Å². The van der Waals surface area contributed by atoms with Crippen molar-refractivity contribution in [3.63, 3.8) is 0 Å². The van der Waals surface area contributed by atoms with Crippen molar-refractivity contribution in [3.05, 3.63) is 64.9 Å². The molecule has 0 unspecified atom stereocenters. The number of hydrogen-bond acceptors (Lipinski definition) is 4. The number of amides is 1. The molecule has 2 aromatic carbocycles. The normalized spacial score (nSPS) is 10.6. The summed E-state index contributed by atoms with van der Waals surface area (Å²) in [6, 6.07) is 12.5. The smallest absolute Gasteiger partial charge is 0.234 e. The van der Waals surface area contributed by atoms with Gasteiger partial charge in [-0.15, -0.1) is 0 Å². The highest BCUT2D eigenvalue weighted by molar-refractivity contribution is 7.99. The minimum Gasteiger partial charge on any atom is -0.495 e. The van der Waals surface area contributed by atoms with Crippen LogP contribution in [0.3, 0.4) is 0 Å². The molecule has 0 atom stereocenters. The Hall–Kier alpha value is -2.15. The number of methoxy groups -OCH3 is 1. The first kappa shape index (κ1) is 18.6. The number of nitrogens with one attached hydrogen (secondary N) is 1. The Balaban J connectivity index is 1.68. The van der Waals surface area contributed by atoms with Crippen molar-refractivity contribution >= 4 is 46.6 Å². The lowest BCUT2D eigenvalue weighted by molar-refractivity contribution is -0.113. The summed E-state index contributed by atoms with van der Waals surface area (Å²) >= 11 is 13.3. The van der Waals surface area contributed by atoms with Crippen LogP contribution in [0, 0.1) is 0 Å². The molecular formula is C18H15Cl2N3O2S. The van der Waals surface area contributed by atoms with Crippen LogP contribution in [0.1, 0.15) is 0 Å². The first-order valence-electron chi connectivity index (χ1n) is 7.62. The maximum absolute atomic E-state index is 12.3. The molecular weight excluding hydrogens is 393 g/mol. The van der Waals surface area contributed by atoms with Crippen molar-refractivity contribution in [2.45, 2.75) is 5.16 Å². The number of thioether (sulfide) groups is 1. The zero-order valence-electron chi connectivity index (χ0n) is 13.8. The number of benzene rings is 2. The third kappa shape index (κ3) is 4.52. The SMILES string of the molecule is COc1ccc(Cl)cc1NC(=O)CSc1nccn1-c1cccc(Cl)c1. The van der Waals surface area contributed by atoms with Crippen molar-refractivity contribution in [3.8, 4) is 11.4 Å². The lowest BCUT2D eigenvalue weighted by Crippen LogP contribution is -2.15. The molecule has 0 saturated heterocycles. The van der Waals surface area contributed by atoms with Crippen molar-refractivity contribution in [2.24, 2.45) is 0 Å². The fourth-order valence-electron chi connectivity index (χ4n) is 2.31. The number of nitrogens with zero attached hydrogens (tertiary/aromatic N) is 2. The van der Waals surface area contributed by atoms with E-state index in [1.54, 1.807) is 30.5 Å². The highest BCUT2D eigenvalue weighted by atomic mass is 35.5. The van der Waals surface area contributed by atoms with Gasteiger partial charge in [-0.25, -0.2) is 4.98 Å². The second-order valence-corrected chi connectivity index (χ2v) is 7.06. The third-order valence-electron chi connectivity index (χ3n) is 3.46. The van der Waals surface area contributed by atoms with Crippen LogP contribution in [-0.2, 0) is 4.79 Å². The first-order valence-corrected chi connectivity index (χ1v) is 9.36. The van der Waals surface area contributed by atoms with E-state index in [4.69, 9.17) is 27.9 Å². The number of halogens is 2. The Kier molecular flexibility index (Phi) is 6.08. The summed E-state index contributed by atoms with van der Waals surface area (Å²) in [5, 5.41) is 4.66. The average molecular weight is 408 g/mol. The second-order valence-electron chi connectivity index (χ2n) is 5.24. The van der Waals surface area contributed by atoms with Gasteiger partial charge in [0, 0.05) is 28.1 Å². The highest BCUT2D eigenvalue weighted by Gasteiger charge is 2.12. The summed E-state index contributed by atoms with van der Waals surface area (Å²) in [4.78, 5) is 16.6. The van der Waals surface area contributed by atoms with Gasteiger partial charge < -0.3 is 10.1 Å². The van der Waals surface area contributed by atoms with Gasteiger partial charge in [-0.3, -0.25) is 9.36 Å². The number of carbonyl (C=O) groups excluding carboxylic acids is 1. The maximum atomic E-state index is 12.3. The Morgan fingerprint density at radius 3 is 2.81 bits per heavy atom. The summed E-state index contributed by atoms with van der Waals surface area (Å²) in [6.07, 6.45) is 3.51. The molecule has 3 rings (SSSR count). The van der Waals surface area contributed by atoms with Crippen molar-refractivity contribution in [1.82, 2.24) is 9.55 Å². The average Bonchev–Trinajstić information content (AvgIpc) is 3.09. The Labute approximate surface area is 165 Å². The van der Waals surface area contributed by atoms with E-state index in [1.807, 2.05) is 29.0 Å². The first-order chi connectivity index (χ1) is 12.6. The van der Waals surface area contributed by atoms with Crippen LogP contribution >= 0.6 is 35.0 Å². The van der Waals surface area contributed by atoms with E-state index in [0.29, 0.717) is 26.6 Å². The molecule has 5 nitrogen and oxygen atoms in total. The van der Waals surface area contributed by atoms with E-state index >= 15 is 0 Å². The van der Waals surface area contributed by atoms with Crippen molar-refractivity contribution in [1.29, 1.82) is 0 Å². The zero-order chi connectivity index (χ0) is 18.5. The van der Waals surface area contributed by atoms with Gasteiger partial charge in [-0.05, 0) is 36.4 Å². The fraction of sp³-hybridized carbons (Fsp3) is 0.111. The quantitative estimate of drug-likeness (QED) is 0.589. The number of ether oxygens (including phenoxy) is 1. The molecule has 0 fully saturated rings. The van der Waals surface area contributed by atoms with Crippen molar-refractivity contribution < 1.29 is 9.53 Å². The number of carbonyl (C=O) groups is 1. The van der Waals surface area contributed by atoms with E-state index in [2.05, 4.69) is 10.3 Å². The predicted molar refractivity (Wildman–Crippen MR) is 106 cm³/mol.